The molecule has 1 aliphatic rings. The van der Waals surface area contributed by atoms with Crippen molar-refractivity contribution in [3.8, 4) is 0 Å². The van der Waals surface area contributed by atoms with Crippen LogP contribution in [0.25, 0.3) is 0 Å². The number of hydrogen-bond donors (Lipinski definition) is 1. The van der Waals surface area contributed by atoms with Gasteiger partial charge in [0.15, 0.2) is 0 Å². The Kier molecular flexibility index (Phi) is 3.33. The molecule has 0 amide bonds. The number of aryl methyl sites for hydroxylation is 1. The Labute approximate surface area is 102 Å². The Hall–Kier alpha value is -0.830. The van der Waals surface area contributed by atoms with Crippen LogP contribution in [0.2, 0.25) is 5.15 Å². The maximum Gasteiger partial charge on any atom is 0.137 e. The number of halogens is 1. The Morgan fingerprint density at radius 3 is 2.62 bits per heavy atom. The van der Waals surface area contributed by atoms with Gasteiger partial charge in [-0.3, -0.25) is 0 Å². The third-order valence-corrected chi connectivity index (χ3v) is 3.75. The SMILES string of the molecule is Cc1nc(Cl)c(C)c(NC2CCCC2C)n1. The van der Waals surface area contributed by atoms with E-state index in [9.17, 15) is 0 Å². The highest BCUT2D eigenvalue weighted by atomic mass is 35.5. The largest absolute Gasteiger partial charge is 0.367 e. The van der Waals surface area contributed by atoms with Crippen LogP contribution in [0.4, 0.5) is 5.82 Å². The number of anilines is 1. The van der Waals surface area contributed by atoms with Crippen LogP contribution < -0.4 is 5.32 Å². The molecule has 0 aliphatic heterocycles. The van der Waals surface area contributed by atoms with E-state index in [1.165, 1.54) is 19.3 Å². The molecular formula is C12H18ClN3. The first-order valence-corrected chi connectivity index (χ1v) is 6.23. The van der Waals surface area contributed by atoms with Gasteiger partial charge in [-0.05, 0) is 32.6 Å². The van der Waals surface area contributed by atoms with E-state index in [2.05, 4.69) is 22.2 Å². The molecule has 2 atom stereocenters. The van der Waals surface area contributed by atoms with Gasteiger partial charge >= 0.3 is 0 Å². The fourth-order valence-corrected chi connectivity index (χ4v) is 2.48. The van der Waals surface area contributed by atoms with E-state index in [4.69, 9.17) is 11.6 Å². The van der Waals surface area contributed by atoms with Crippen LogP contribution in [-0.2, 0) is 0 Å². The molecule has 16 heavy (non-hydrogen) atoms. The number of rotatable bonds is 2. The van der Waals surface area contributed by atoms with E-state index >= 15 is 0 Å². The quantitative estimate of drug-likeness (QED) is 0.805. The first-order chi connectivity index (χ1) is 7.58. The Balaban J connectivity index is 2.20. The lowest BCUT2D eigenvalue weighted by molar-refractivity contribution is 0.554. The van der Waals surface area contributed by atoms with Crippen LogP contribution in [0.1, 0.15) is 37.6 Å². The molecule has 88 valence electrons. The summed E-state index contributed by atoms with van der Waals surface area (Å²) in [6, 6.07) is 0.532. The molecule has 1 N–H and O–H groups in total. The fourth-order valence-electron chi connectivity index (χ4n) is 2.27. The highest BCUT2D eigenvalue weighted by Crippen LogP contribution is 2.29. The summed E-state index contributed by atoms with van der Waals surface area (Å²) in [4.78, 5) is 8.57. The van der Waals surface area contributed by atoms with Crippen molar-refractivity contribution in [2.45, 2.75) is 46.1 Å². The lowest BCUT2D eigenvalue weighted by Crippen LogP contribution is -2.23. The molecule has 1 aliphatic carbocycles. The normalized spacial score (nSPS) is 24.8. The fraction of sp³-hybridized carbons (Fsp3) is 0.667. The minimum Gasteiger partial charge on any atom is -0.367 e. The summed E-state index contributed by atoms with van der Waals surface area (Å²) in [6.45, 7) is 6.12. The predicted molar refractivity (Wildman–Crippen MR) is 66.9 cm³/mol. The molecule has 1 aromatic rings. The molecule has 1 heterocycles. The smallest absolute Gasteiger partial charge is 0.137 e. The standard InChI is InChI=1S/C12H18ClN3/c1-7-5-4-6-10(7)16-12-8(2)11(13)14-9(3)15-12/h7,10H,4-6H2,1-3H3,(H,14,15,16). The van der Waals surface area contributed by atoms with E-state index in [-0.39, 0.29) is 0 Å². The average Bonchev–Trinajstić information content (AvgIpc) is 2.60. The summed E-state index contributed by atoms with van der Waals surface area (Å²) in [5, 5.41) is 4.06. The maximum atomic E-state index is 6.05. The second kappa shape index (κ2) is 4.58. The van der Waals surface area contributed by atoms with Crippen LogP contribution in [0.3, 0.4) is 0 Å². The Bertz CT molecular complexity index is 392. The molecule has 1 saturated carbocycles. The number of hydrogen-bond acceptors (Lipinski definition) is 3. The zero-order chi connectivity index (χ0) is 11.7. The first-order valence-electron chi connectivity index (χ1n) is 5.85. The van der Waals surface area contributed by atoms with E-state index in [1.807, 2.05) is 13.8 Å². The van der Waals surface area contributed by atoms with Gasteiger partial charge in [0.25, 0.3) is 0 Å². The predicted octanol–water partition coefficient (Wildman–Crippen LogP) is 3.35. The summed E-state index contributed by atoms with van der Waals surface area (Å²) >= 11 is 6.05. The number of nitrogens with zero attached hydrogens (tertiary/aromatic N) is 2. The molecule has 0 saturated heterocycles. The van der Waals surface area contributed by atoms with Crippen molar-refractivity contribution in [3.63, 3.8) is 0 Å². The van der Waals surface area contributed by atoms with Crippen molar-refractivity contribution < 1.29 is 0 Å². The summed E-state index contributed by atoms with van der Waals surface area (Å²) in [5.74, 6) is 2.34. The molecule has 0 spiro atoms. The Morgan fingerprint density at radius 1 is 1.25 bits per heavy atom. The summed E-state index contributed by atoms with van der Waals surface area (Å²) in [7, 11) is 0. The van der Waals surface area contributed by atoms with Crippen LogP contribution in [0.5, 0.6) is 0 Å². The summed E-state index contributed by atoms with van der Waals surface area (Å²) < 4.78 is 0. The van der Waals surface area contributed by atoms with Gasteiger partial charge in [-0.15, -0.1) is 0 Å². The topological polar surface area (TPSA) is 37.8 Å². The first kappa shape index (κ1) is 11.6. The van der Waals surface area contributed by atoms with Gasteiger partial charge in [-0.1, -0.05) is 24.9 Å². The molecule has 4 heteroatoms. The lowest BCUT2D eigenvalue weighted by atomic mass is 10.1. The number of nitrogens with one attached hydrogen (secondary N) is 1. The molecule has 0 radical (unpaired) electrons. The zero-order valence-electron chi connectivity index (χ0n) is 10.0. The van der Waals surface area contributed by atoms with Gasteiger partial charge in [0.05, 0.1) is 0 Å². The van der Waals surface area contributed by atoms with Gasteiger partial charge in [-0.25, -0.2) is 9.97 Å². The minimum absolute atomic E-state index is 0.532. The van der Waals surface area contributed by atoms with E-state index in [0.717, 1.165) is 17.2 Å². The third-order valence-electron chi connectivity index (χ3n) is 3.38. The second-order valence-electron chi connectivity index (χ2n) is 4.69. The van der Waals surface area contributed by atoms with Gasteiger partial charge in [0, 0.05) is 11.6 Å². The van der Waals surface area contributed by atoms with Crippen LogP contribution in [0, 0.1) is 19.8 Å². The third kappa shape index (κ3) is 2.29. The van der Waals surface area contributed by atoms with Gasteiger partial charge < -0.3 is 5.32 Å². The van der Waals surface area contributed by atoms with Crippen molar-refractivity contribution in [2.75, 3.05) is 5.32 Å². The molecule has 0 aromatic carbocycles. The molecule has 3 nitrogen and oxygen atoms in total. The second-order valence-corrected chi connectivity index (χ2v) is 5.05. The van der Waals surface area contributed by atoms with E-state index in [0.29, 0.717) is 17.1 Å². The Morgan fingerprint density at radius 2 is 2.00 bits per heavy atom. The lowest BCUT2D eigenvalue weighted by Gasteiger charge is -2.19. The molecule has 2 rings (SSSR count). The molecular weight excluding hydrogens is 222 g/mol. The van der Waals surface area contributed by atoms with Crippen molar-refractivity contribution in [1.82, 2.24) is 9.97 Å². The minimum atomic E-state index is 0.532. The van der Waals surface area contributed by atoms with Crippen LogP contribution in [0.15, 0.2) is 0 Å². The van der Waals surface area contributed by atoms with Gasteiger partial charge in [-0.2, -0.15) is 0 Å². The molecule has 0 bridgehead atoms. The van der Waals surface area contributed by atoms with E-state index in [1.54, 1.807) is 0 Å². The molecule has 1 fully saturated rings. The molecule has 2 unspecified atom stereocenters. The van der Waals surface area contributed by atoms with Crippen LogP contribution in [-0.4, -0.2) is 16.0 Å². The monoisotopic (exact) mass is 239 g/mol. The van der Waals surface area contributed by atoms with Crippen molar-refractivity contribution in [2.24, 2.45) is 5.92 Å². The van der Waals surface area contributed by atoms with Gasteiger partial charge in [0.2, 0.25) is 0 Å². The highest BCUT2D eigenvalue weighted by molar-refractivity contribution is 6.30. The van der Waals surface area contributed by atoms with Crippen LogP contribution >= 0.6 is 11.6 Å². The van der Waals surface area contributed by atoms with Crippen molar-refractivity contribution in [1.29, 1.82) is 0 Å². The average molecular weight is 240 g/mol. The summed E-state index contributed by atoms with van der Waals surface area (Å²) in [6.07, 6.45) is 3.82. The maximum absolute atomic E-state index is 6.05. The van der Waals surface area contributed by atoms with Crippen molar-refractivity contribution >= 4 is 17.4 Å². The van der Waals surface area contributed by atoms with Gasteiger partial charge in [0.1, 0.15) is 16.8 Å². The zero-order valence-corrected chi connectivity index (χ0v) is 10.8. The van der Waals surface area contributed by atoms with E-state index < -0.39 is 0 Å². The highest BCUT2D eigenvalue weighted by Gasteiger charge is 2.24. The number of aromatic nitrogens is 2. The van der Waals surface area contributed by atoms with Crippen molar-refractivity contribution in [3.05, 3.63) is 16.5 Å². The summed E-state index contributed by atoms with van der Waals surface area (Å²) in [5.41, 5.74) is 0.950. The molecule has 1 aromatic heterocycles.